The number of hydrogen-bond donors (Lipinski definition) is 3. The second-order valence-corrected chi connectivity index (χ2v) is 13.5. The van der Waals surface area contributed by atoms with Gasteiger partial charge < -0.3 is 35.1 Å². The Hall–Kier alpha value is -5.42. The Balaban J connectivity index is 1.20. The van der Waals surface area contributed by atoms with Gasteiger partial charge in [0, 0.05) is 37.5 Å². The molecule has 2 aliphatic rings. The molecule has 2 aromatic carbocycles. The van der Waals surface area contributed by atoms with Gasteiger partial charge >= 0.3 is 18.2 Å². The van der Waals surface area contributed by atoms with Gasteiger partial charge in [-0.2, -0.15) is 28.2 Å². The molecule has 3 atom stereocenters. The largest absolute Gasteiger partial charge is 0.464 e. The number of likely N-dealkylation sites (tertiary alicyclic amines) is 1. The first-order chi connectivity index (χ1) is 25.8. The van der Waals surface area contributed by atoms with Crippen molar-refractivity contribution in [1.82, 2.24) is 24.6 Å². The van der Waals surface area contributed by atoms with Crippen molar-refractivity contribution in [3.63, 3.8) is 0 Å². The Bertz CT molecular complexity index is 1940. The maximum absolute atomic E-state index is 14.8. The summed E-state index contributed by atoms with van der Waals surface area (Å²) >= 11 is 0. The van der Waals surface area contributed by atoms with Gasteiger partial charge in [0.05, 0.1) is 24.6 Å². The molecule has 2 aliphatic heterocycles. The number of rotatable bonds is 11. The Kier molecular flexibility index (Phi) is 11.3. The molecular weight excluding hydrogens is 711 g/mol. The molecule has 6 rings (SSSR count). The lowest BCUT2D eigenvalue weighted by Gasteiger charge is -2.39. The highest BCUT2D eigenvalue weighted by Crippen LogP contribution is 2.45. The fourth-order valence-corrected chi connectivity index (χ4v) is 6.99. The van der Waals surface area contributed by atoms with Crippen LogP contribution in [0.25, 0.3) is 5.69 Å². The molecule has 2 aromatic heterocycles. The van der Waals surface area contributed by atoms with Crippen LogP contribution in [0.3, 0.4) is 0 Å². The molecule has 4 aromatic rings. The molecule has 1 spiro atoms. The van der Waals surface area contributed by atoms with Crippen molar-refractivity contribution >= 4 is 23.8 Å². The van der Waals surface area contributed by atoms with E-state index in [1.165, 1.54) is 40.0 Å². The predicted octanol–water partition coefficient (Wildman–Crippen LogP) is 4.82. The Labute approximate surface area is 309 Å². The van der Waals surface area contributed by atoms with E-state index < -0.39 is 54.4 Å². The van der Waals surface area contributed by atoms with E-state index in [1.807, 2.05) is 35.2 Å². The Morgan fingerprint density at radius 3 is 2.44 bits per heavy atom. The zero-order valence-corrected chi connectivity index (χ0v) is 29.8. The van der Waals surface area contributed by atoms with Crippen molar-refractivity contribution in [3.05, 3.63) is 89.2 Å². The van der Waals surface area contributed by atoms with Gasteiger partial charge in [0.25, 0.3) is 0 Å². The number of amides is 1. The minimum absolute atomic E-state index is 0.0188. The Morgan fingerprint density at radius 1 is 1.06 bits per heavy atom. The number of carbonyl (C=O) groups excluding carboxylic acids is 2. The van der Waals surface area contributed by atoms with Crippen LogP contribution < -0.4 is 15.4 Å². The number of nitrogens with two attached hydrogens (primary N) is 1. The average molecular weight is 754 g/mol. The zero-order valence-electron chi connectivity index (χ0n) is 29.8. The third-order valence-corrected chi connectivity index (χ3v) is 9.76. The highest BCUT2D eigenvalue weighted by Gasteiger charge is 2.51. The van der Waals surface area contributed by atoms with Gasteiger partial charge in [-0.3, -0.25) is 4.90 Å². The SMILES string of the molecule is CCOC(=O)[C@@H]1CC2(CCN(c3cc(O[C@H](c4ccc(C(O)CO)cc4-n4ccc(C)n4)C(F)(F)F)nc(N)n3)CC2)CN1C(=O)OCc1ccccc1. The van der Waals surface area contributed by atoms with Gasteiger partial charge in [-0.1, -0.05) is 42.5 Å². The number of carbonyl (C=O) groups is 2. The van der Waals surface area contributed by atoms with Gasteiger partial charge in [0.1, 0.15) is 24.6 Å². The normalized spacial score (nSPS) is 18.0. The molecular formula is C37H42F3N7O7. The summed E-state index contributed by atoms with van der Waals surface area (Å²) in [5, 5.41) is 24.0. The number of nitrogens with zero attached hydrogens (tertiary/aromatic N) is 6. The second kappa shape index (κ2) is 15.9. The third-order valence-electron chi connectivity index (χ3n) is 9.76. The number of benzene rings is 2. The van der Waals surface area contributed by atoms with Crippen molar-refractivity contribution < 1.29 is 47.2 Å². The first-order valence-electron chi connectivity index (χ1n) is 17.5. The lowest BCUT2D eigenvalue weighted by atomic mass is 9.76. The topological polar surface area (TPSA) is 178 Å². The summed E-state index contributed by atoms with van der Waals surface area (Å²) in [5.41, 5.74) is 6.76. The van der Waals surface area contributed by atoms with Crippen LogP contribution in [0.5, 0.6) is 5.88 Å². The van der Waals surface area contributed by atoms with E-state index in [2.05, 4.69) is 15.1 Å². The number of piperidine rings is 1. The van der Waals surface area contributed by atoms with Crippen molar-refractivity contribution in [1.29, 1.82) is 0 Å². The fraction of sp³-hybridized carbons (Fsp3) is 0.432. The molecule has 17 heteroatoms. The molecule has 1 amide bonds. The Morgan fingerprint density at radius 2 is 1.80 bits per heavy atom. The molecule has 288 valence electrons. The number of aliphatic hydroxyl groups is 2. The summed E-state index contributed by atoms with van der Waals surface area (Å²) in [4.78, 5) is 37.8. The van der Waals surface area contributed by atoms with Gasteiger partial charge in [-0.15, -0.1) is 0 Å². The number of halogens is 3. The lowest BCUT2D eigenvalue weighted by molar-refractivity contribution is -0.198. The van der Waals surface area contributed by atoms with E-state index in [9.17, 15) is 33.0 Å². The minimum Gasteiger partial charge on any atom is -0.464 e. The highest BCUT2D eigenvalue weighted by atomic mass is 19.4. The fourth-order valence-electron chi connectivity index (χ4n) is 6.99. The number of hydrogen-bond acceptors (Lipinski definition) is 12. The summed E-state index contributed by atoms with van der Waals surface area (Å²) in [6.45, 7) is 3.97. The summed E-state index contributed by atoms with van der Waals surface area (Å²) in [5.74, 6) is -0.985. The molecule has 1 unspecified atom stereocenters. The number of alkyl halides is 3. The van der Waals surface area contributed by atoms with Crippen molar-refractivity contribution in [2.24, 2.45) is 5.41 Å². The molecule has 0 radical (unpaired) electrons. The number of aliphatic hydroxyl groups excluding tert-OH is 2. The van der Waals surface area contributed by atoms with E-state index in [-0.39, 0.29) is 48.3 Å². The zero-order chi connectivity index (χ0) is 38.6. The smallest absolute Gasteiger partial charge is 0.429 e. The van der Waals surface area contributed by atoms with E-state index in [1.54, 1.807) is 19.9 Å². The first-order valence-corrected chi connectivity index (χ1v) is 17.5. The number of ether oxygens (including phenoxy) is 3. The number of esters is 1. The van der Waals surface area contributed by atoms with Crippen LogP contribution in [-0.2, 0) is 20.9 Å². The maximum atomic E-state index is 14.8. The number of aryl methyl sites for hydroxylation is 1. The van der Waals surface area contributed by atoms with E-state index in [0.29, 0.717) is 38.0 Å². The van der Waals surface area contributed by atoms with Gasteiger partial charge in [0.2, 0.25) is 17.9 Å². The van der Waals surface area contributed by atoms with Crippen LogP contribution in [0.1, 0.15) is 60.8 Å². The molecule has 54 heavy (non-hydrogen) atoms. The van der Waals surface area contributed by atoms with Crippen molar-refractivity contribution in [2.75, 3.05) is 43.5 Å². The summed E-state index contributed by atoms with van der Waals surface area (Å²) in [7, 11) is 0. The van der Waals surface area contributed by atoms with Crippen molar-refractivity contribution in [3.8, 4) is 11.6 Å². The summed E-state index contributed by atoms with van der Waals surface area (Å²) in [6, 6.07) is 15.0. The predicted molar refractivity (Wildman–Crippen MR) is 188 cm³/mol. The third kappa shape index (κ3) is 8.52. The lowest BCUT2D eigenvalue weighted by Crippen LogP contribution is -2.43. The number of nitrogen functional groups attached to an aromatic ring is 1. The van der Waals surface area contributed by atoms with Crippen LogP contribution in [0.15, 0.2) is 66.9 Å². The molecule has 2 saturated heterocycles. The molecule has 4 heterocycles. The monoisotopic (exact) mass is 753 g/mol. The van der Waals surface area contributed by atoms with Gasteiger partial charge in [0.15, 0.2) is 0 Å². The van der Waals surface area contributed by atoms with Crippen LogP contribution in [0, 0.1) is 12.3 Å². The van der Waals surface area contributed by atoms with Gasteiger partial charge in [-0.25, -0.2) is 14.3 Å². The average Bonchev–Trinajstić information content (AvgIpc) is 3.76. The first kappa shape index (κ1) is 38.3. The molecule has 0 bridgehead atoms. The summed E-state index contributed by atoms with van der Waals surface area (Å²) in [6.07, 6.45) is -6.53. The number of anilines is 2. The quantitative estimate of drug-likeness (QED) is 0.178. The van der Waals surface area contributed by atoms with E-state index in [4.69, 9.17) is 19.9 Å². The maximum Gasteiger partial charge on any atom is 0.429 e. The van der Waals surface area contributed by atoms with Crippen molar-refractivity contribution in [2.45, 2.75) is 64.1 Å². The molecule has 4 N–H and O–H groups in total. The van der Waals surface area contributed by atoms with Gasteiger partial charge in [-0.05, 0) is 61.8 Å². The minimum atomic E-state index is -4.93. The molecule has 0 saturated carbocycles. The standard InChI is InChI=1S/C37H42F3N7O7/c1-3-52-33(50)28-19-36(22-46(28)35(51)53-21-24-7-5-4-6-8-24)12-15-45(16-13-36)30-18-31(43-34(41)42-30)54-32(37(38,39)40)26-10-9-25(29(49)20-48)17-27(26)47-14-11-23(2)44-47/h4-11,14,17-18,28-29,32,48-49H,3,12-13,15-16,19-22H2,1-2H3,(H2,41,42,43)/t28-,29?,32+/m0/s1. The second-order valence-electron chi connectivity index (χ2n) is 13.5. The number of aromatic nitrogens is 4. The summed E-state index contributed by atoms with van der Waals surface area (Å²) < 4.78 is 62.1. The van der Waals surface area contributed by atoms with E-state index in [0.717, 1.165) is 5.56 Å². The van der Waals surface area contributed by atoms with Crippen LogP contribution in [0.4, 0.5) is 29.7 Å². The van der Waals surface area contributed by atoms with Crippen LogP contribution in [0.2, 0.25) is 0 Å². The molecule has 0 aliphatic carbocycles. The van der Waals surface area contributed by atoms with E-state index >= 15 is 0 Å². The molecule has 14 nitrogen and oxygen atoms in total. The highest BCUT2D eigenvalue weighted by molar-refractivity contribution is 5.82. The van der Waals surface area contributed by atoms with Crippen LogP contribution >= 0.6 is 0 Å². The van der Waals surface area contributed by atoms with Crippen LogP contribution in [-0.4, -0.2) is 92.0 Å². The molecule has 2 fully saturated rings.